The van der Waals surface area contributed by atoms with E-state index < -0.39 is 11.7 Å². The summed E-state index contributed by atoms with van der Waals surface area (Å²) in [5.41, 5.74) is 2.48. The zero-order valence-corrected chi connectivity index (χ0v) is 12.5. The second kappa shape index (κ2) is 5.65. The minimum absolute atomic E-state index is 0.521. The van der Waals surface area contributed by atoms with Crippen molar-refractivity contribution in [2.24, 2.45) is 4.99 Å². The Hall–Kier alpha value is -1.84. The van der Waals surface area contributed by atoms with Crippen molar-refractivity contribution in [3.8, 4) is 5.75 Å². The van der Waals surface area contributed by atoms with Gasteiger partial charge in [-0.05, 0) is 57.7 Å². The third kappa shape index (κ3) is 3.59. The molecule has 0 saturated heterocycles. The fraction of sp³-hybridized carbons (Fsp3) is 0.500. The molecule has 2 rings (SSSR count). The van der Waals surface area contributed by atoms with E-state index in [1.165, 1.54) is 5.56 Å². The standard InChI is InChI=1S/C16H21NO3/c1-16(2,3)20-15(18)17-14-7-5-6-11-8-9-12(19-4)10-13(11)14/h8-10H,5-7H2,1-4H3. The minimum atomic E-state index is -0.525. The average Bonchev–Trinajstić information content (AvgIpc) is 2.36. The molecule has 0 bridgehead atoms. The van der Waals surface area contributed by atoms with E-state index in [9.17, 15) is 4.79 Å². The number of rotatable bonds is 1. The first kappa shape index (κ1) is 14.6. The molecule has 0 spiro atoms. The van der Waals surface area contributed by atoms with Gasteiger partial charge in [-0.2, -0.15) is 4.99 Å². The number of carbonyl (C=O) groups is 1. The van der Waals surface area contributed by atoms with Crippen molar-refractivity contribution in [1.82, 2.24) is 0 Å². The molecule has 1 aromatic rings. The van der Waals surface area contributed by atoms with Crippen molar-refractivity contribution in [2.45, 2.75) is 45.6 Å². The first-order chi connectivity index (χ1) is 9.39. The number of aryl methyl sites for hydroxylation is 1. The lowest BCUT2D eigenvalue weighted by molar-refractivity contribution is 0.0604. The summed E-state index contributed by atoms with van der Waals surface area (Å²) in [6, 6.07) is 5.92. The maximum atomic E-state index is 11.9. The predicted octanol–water partition coefficient (Wildman–Crippen LogP) is 3.76. The Morgan fingerprint density at radius 1 is 1.25 bits per heavy atom. The van der Waals surface area contributed by atoms with E-state index in [4.69, 9.17) is 9.47 Å². The number of methoxy groups -OCH3 is 1. The van der Waals surface area contributed by atoms with E-state index in [1.54, 1.807) is 7.11 Å². The molecule has 1 aliphatic carbocycles. The van der Waals surface area contributed by atoms with Gasteiger partial charge in [0.15, 0.2) is 0 Å². The summed E-state index contributed by atoms with van der Waals surface area (Å²) in [6.45, 7) is 5.51. The maximum Gasteiger partial charge on any atom is 0.434 e. The summed E-state index contributed by atoms with van der Waals surface area (Å²) in [5, 5.41) is 0. The topological polar surface area (TPSA) is 47.9 Å². The van der Waals surface area contributed by atoms with Gasteiger partial charge in [0.1, 0.15) is 11.4 Å². The van der Waals surface area contributed by atoms with Crippen LogP contribution in [0.4, 0.5) is 4.79 Å². The van der Waals surface area contributed by atoms with E-state index in [-0.39, 0.29) is 0 Å². The molecule has 0 aromatic heterocycles. The molecule has 0 radical (unpaired) electrons. The largest absolute Gasteiger partial charge is 0.497 e. The molecule has 4 nitrogen and oxygen atoms in total. The SMILES string of the molecule is COc1ccc2c(c1)C(=NC(=O)OC(C)(C)C)CCC2. The van der Waals surface area contributed by atoms with Crippen LogP contribution in [0.5, 0.6) is 5.75 Å². The number of aliphatic imine (C=N–C) groups is 1. The van der Waals surface area contributed by atoms with Crippen LogP contribution in [-0.4, -0.2) is 24.5 Å². The Morgan fingerprint density at radius 2 is 2.00 bits per heavy atom. The lowest BCUT2D eigenvalue weighted by Gasteiger charge is -2.20. The molecule has 1 amide bonds. The molecule has 0 fully saturated rings. The van der Waals surface area contributed by atoms with Crippen LogP contribution in [0.3, 0.4) is 0 Å². The van der Waals surface area contributed by atoms with E-state index in [0.717, 1.165) is 36.3 Å². The van der Waals surface area contributed by atoms with Gasteiger partial charge in [0.05, 0.1) is 12.8 Å². The molecule has 0 saturated carbocycles. The second-order valence-corrected chi connectivity index (χ2v) is 5.92. The van der Waals surface area contributed by atoms with E-state index in [2.05, 4.69) is 4.99 Å². The Kier molecular flexibility index (Phi) is 4.12. The zero-order valence-electron chi connectivity index (χ0n) is 12.5. The molecule has 0 unspecified atom stereocenters. The Morgan fingerprint density at radius 3 is 2.65 bits per heavy atom. The van der Waals surface area contributed by atoms with Crippen molar-refractivity contribution in [2.75, 3.05) is 7.11 Å². The van der Waals surface area contributed by atoms with Crippen molar-refractivity contribution < 1.29 is 14.3 Å². The molecule has 4 heteroatoms. The van der Waals surface area contributed by atoms with Gasteiger partial charge in [0.25, 0.3) is 0 Å². The van der Waals surface area contributed by atoms with Crippen LogP contribution >= 0.6 is 0 Å². The van der Waals surface area contributed by atoms with Crippen LogP contribution in [-0.2, 0) is 11.2 Å². The van der Waals surface area contributed by atoms with Crippen LogP contribution in [0.15, 0.2) is 23.2 Å². The monoisotopic (exact) mass is 275 g/mol. The first-order valence-electron chi connectivity index (χ1n) is 6.87. The number of ether oxygens (including phenoxy) is 2. The number of hydrogen-bond acceptors (Lipinski definition) is 3. The highest BCUT2D eigenvalue weighted by atomic mass is 16.6. The summed E-state index contributed by atoms with van der Waals surface area (Å²) in [4.78, 5) is 16.0. The third-order valence-electron chi connectivity index (χ3n) is 3.11. The van der Waals surface area contributed by atoms with Crippen molar-refractivity contribution in [3.63, 3.8) is 0 Å². The lowest BCUT2D eigenvalue weighted by Crippen LogP contribution is -2.23. The number of benzene rings is 1. The third-order valence-corrected chi connectivity index (χ3v) is 3.11. The molecule has 0 aliphatic heterocycles. The predicted molar refractivity (Wildman–Crippen MR) is 78.7 cm³/mol. The summed E-state index contributed by atoms with van der Waals surface area (Å²) >= 11 is 0. The van der Waals surface area contributed by atoms with E-state index in [1.807, 2.05) is 39.0 Å². The molecule has 0 N–H and O–H groups in total. The Labute approximate surface area is 119 Å². The average molecular weight is 275 g/mol. The van der Waals surface area contributed by atoms with Gasteiger partial charge in [-0.1, -0.05) is 6.07 Å². The number of fused-ring (bicyclic) bond motifs is 1. The van der Waals surface area contributed by atoms with Gasteiger partial charge in [-0.3, -0.25) is 0 Å². The quantitative estimate of drug-likeness (QED) is 0.784. The molecule has 1 aromatic carbocycles. The normalized spacial score (nSPS) is 16.7. The van der Waals surface area contributed by atoms with Gasteiger partial charge in [-0.15, -0.1) is 0 Å². The summed E-state index contributed by atoms with van der Waals surface area (Å²) < 4.78 is 10.5. The number of hydrogen-bond donors (Lipinski definition) is 0. The van der Waals surface area contributed by atoms with Gasteiger partial charge in [0.2, 0.25) is 0 Å². The Balaban J connectivity index is 2.29. The molecule has 108 valence electrons. The number of carbonyl (C=O) groups excluding carboxylic acids is 1. The van der Waals surface area contributed by atoms with Crippen LogP contribution in [0.2, 0.25) is 0 Å². The second-order valence-electron chi connectivity index (χ2n) is 5.92. The highest BCUT2D eigenvalue weighted by molar-refractivity contribution is 6.07. The maximum absolute atomic E-state index is 11.9. The fourth-order valence-corrected chi connectivity index (χ4v) is 2.26. The highest BCUT2D eigenvalue weighted by Gasteiger charge is 2.20. The zero-order chi connectivity index (χ0) is 14.8. The summed E-state index contributed by atoms with van der Waals surface area (Å²) in [5.74, 6) is 0.780. The van der Waals surface area contributed by atoms with E-state index >= 15 is 0 Å². The first-order valence-corrected chi connectivity index (χ1v) is 6.87. The molecular weight excluding hydrogens is 254 g/mol. The number of amides is 1. The fourth-order valence-electron chi connectivity index (χ4n) is 2.26. The highest BCUT2D eigenvalue weighted by Crippen LogP contribution is 2.26. The van der Waals surface area contributed by atoms with Gasteiger partial charge >= 0.3 is 6.09 Å². The molecular formula is C16H21NO3. The van der Waals surface area contributed by atoms with Crippen LogP contribution in [0.1, 0.15) is 44.7 Å². The molecule has 0 heterocycles. The van der Waals surface area contributed by atoms with E-state index in [0.29, 0.717) is 0 Å². The molecule has 0 atom stereocenters. The Bertz CT molecular complexity index is 541. The van der Waals surface area contributed by atoms with Gasteiger partial charge < -0.3 is 9.47 Å². The van der Waals surface area contributed by atoms with Gasteiger partial charge in [0, 0.05) is 5.56 Å². The minimum Gasteiger partial charge on any atom is -0.497 e. The van der Waals surface area contributed by atoms with Crippen molar-refractivity contribution in [1.29, 1.82) is 0 Å². The summed E-state index contributed by atoms with van der Waals surface area (Å²) in [7, 11) is 1.63. The molecule has 20 heavy (non-hydrogen) atoms. The summed E-state index contributed by atoms with van der Waals surface area (Å²) in [6.07, 6.45) is 2.27. The number of nitrogens with zero attached hydrogens (tertiary/aromatic N) is 1. The van der Waals surface area contributed by atoms with Crippen molar-refractivity contribution in [3.05, 3.63) is 29.3 Å². The van der Waals surface area contributed by atoms with Crippen molar-refractivity contribution >= 4 is 11.8 Å². The molecule has 1 aliphatic rings. The van der Waals surface area contributed by atoms with Gasteiger partial charge in [-0.25, -0.2) is 4.79 Å². The smallest absolute Gasteiger partial charge is 0.434 e. The van der Waals surface area contributed by atoms with Crippen LogP contribution < -0.4 is 4.74 Å². The lowest BCUT2D eigenvalue weighted by atomic mass is 9.90. The van der Waals surface area contributed by atoms with Crippen LogP contribution in [0, 0.1) is 0 Å². The van der Waals surface area contributed by atoms with Crippen LogP contribution in [0.25, 0.3) is 0 Å².